The van der Waals surface area contributed by atoms with Gasteiger partial charge in [0.05, 0.1) is 37.0 Å². The Morgan fingerprint density at radius 1 is 1.32 bits per heavy atom. The van der Waals surface area contributed by atoms with E-state index in [0.717, 1.165) is 35.0 Å². The number of nitrogens with zero attached hydrogens (tertiary/aromatic N) is 4. The number of H-pyrrole nitrogens is 1. The fourth-order valence-corrected chi connectivity index (χ4v) is 4.14. The summed E-state index contributed by atoms with van der Waals surface area (Å²) in [6.07, 6.45) is 2.47. The zero-order valence-corrected chi connectivity index (χ0v) is 15.4. The molecule has 0 radical (unpaired) electrons. The Morgan fingerprint density at radius 2 is 2.21 bits per heavy atom. The molecule has 5 rings (SSSR count). The highest BCUT2D eigenvalue weighted by Crippen LogP contribution is 2.24. The first-order valence-electron chi connectivity index (χ1n) is 9.62. The van der Waals surface area contributed by atoms with Crippen LogP contribution in [0.5, 0.6) is 0 Å². The third-order valence-corrected chi connectivity index (χ3v) is 5.60. The number of para-hydroxylation sites is 1. The number of nitrogens with one attached hydrogen (secondary N) is 1. The summed E-state index contributed by atoms with van der Waals surface area (Å²) in [6, 6.07) is 9.16. The van der Waals surface area contributed by atoms with Gasteiger partial charge in [-0.05, 0) is 18.9 Å². The van der Waals surface area contributed by atoms with E-state index in [4.69, 9.17) is 4.74 Å². The first-order chi connectivity index (χ1) is 13.7. The Balaban J connectivity index is 1.42. The molecule has 1 saturated heterocycles. The summed E-state index contributed by atoms with van der Waals surface area (Å²) in [6.45, 7) is 2.14. The van der Waals surface area contributed by atoms with E-state index in [2.05, 4.69) is 15.3 Å². The molecule has 0 aliphatic carbocycles. The molecule has 8 heteroatoms. The maximum atomic E-state index is 13.2. The monoisotopic (exact) mass is 379 g/mol. The SMILES string of the molecule is O=C(c1n[nH]c2ccccc12)N1CCCC1Cn1nc2c(cc1=O)COCC2. The van der Waals surface area contributed by atoms with E-state index in [-0.39, 0.29) is 17.5 Å². The van der Waals surface area contributed by atoms with E-state index in [1.54, 1.807) is 6.07 Å². The van der Waals surface area contributed by atoms with Gasteiger partial charge < -0.3 is 9.64 Å². The molecule has 1 aromatic carbocycles. The number of amides is 1. The van der Waals surface area contributed by atoms with E-state index in [1.807, 2.05) is 29.2 Å². The zero-order valence-electron chi connectivity index (χ0n) is 15.4. The zero-order chi connectivity index (χ0) is 19.1. The van der Waals surface area contributed by atoms with Gasteiger partial charge in [-0.2, -0.15) is 10.2 Å². The van der Waals surface area contributed by atoms with Crippen LogP contribution in [0, 0.1) is 0 Å². The van der Waals surface area contributed by atoms with Crippen molar-refractivity contribution >= 4 is 16.8 Å². The molecule has 28 heavy (non-hydrogen) atoms. The molecule has 8 nitrogen and oxygen atoms in total. The third kappa shape index (κ3) is 2.90. The van der Waals surface area contributed by atoms with Gasteiger partial charge in [0.15, 0.2) is 5.69 Å². The summed E-state index contributed by atoms with van der Waals surface area (Å²) < 4.78 is 6.90. The highest BCUT2D eigenvalue weighted by Gasteiger charge is 2.32. The van der Waals surface area contributed by atoms with Gasteiger partial charge in [0.25, 0.3) is 11.5 Å². The van der Waals surface area contributed by atoms with Crippen molar-refractivity contribution in [2.24, 2.45) is 0 Å². The number of hydrogen-bond donors (Lipinski definition) is 1. The third-order valence-electron chi connectivity index (χ3n) is 5.60. The Labute approximate surface area is 161 Å². The van der Waals surface area contributed by atoms with E-state index in [0.29, 0.717) is 38.4 Å². The number of fused-ring (bicyclic) bond motifs is 2. The number of ether oxygens (including phenoxy) is 1. The van der Waals surface area contributed by atoms with Crippen LogP contribution in [0.3, 0.4) is 0 Å². The number of benzene rings is 1. The number of carbonyl (C=O) groups excluding carboxylic acids is 1. The van der Waals surface area contributed by atoms with Crippen molar-refractivity contribution in [2.45, 2.75) is 38.5 Å². The first kappa shape index (κ1) is 17.1. The topological polar surface area (TPSA) is 93.1 Å². The lowest BCUT2D eigenvalue weighted by molar-refractivity contribution is 0.0715. The molecule has 1 unspecified atom stereocenters. The Morgan fingerprint density at radius 3 is 3.14 bits per heavy atom. The van der Waals surface area contributed by atoms with Crippen LogP contribution in [-0.4, -0.2) is 50.0 Å². The molecule has 4 heterocycles. The molecule has 2 aromatic heterocycles. The second-order valence-electron chi connectivity index (χ2n) is 7.35. The Bertz CT molecular complexity index is 1100. The molecule has 2 aliphatic rings. The standard InChI is InChI=1S/C20H21N5O3/c26-18-10-13-12-28-9-7-16(13)23-25(18)11-14-4-3-8-24(14)20(27)19-15-5-1-2-6-17(15)21-22-19/h1-2,5-6,10,14H,3-4,7-9,11-12H2,(H,21,22). The van der Waals surface area contributed by atoms with Crippen LogP contribution in [-0.2, 0) is 24.3 Å². The van der Waals surface area contributed by atoms with Gasteiger partial charge in [-0.15, -0.1) is 0 Å². The predicted octanol–water partition coefficient (Wildman–Crippen LogP) is 1.50. The highest BCUT2D eigenvalue weighted by molar-refractivity contribution is 6.04. The lowest BCUT2D eigenvalue weighted by atomic mass is 10.1. The van der Waals surface area contributed by atoms with Gasteiger partial charge in [0.2, 0.25) is 0 Å². The van der Waals surface area contributed by atoms with Crippen LogP contribution in [0.1, 0.15) is 34.6 Å². The van der Waals surface area contributed by atoms with Crippen molar-refractivity contribution in [1.82, 2.24) is 24.9 Å². The maximum absolute atomic E-state index is 13.2. The number of likely N-dealkylation sites (tertiary alicyclic amines) is 1. The van der Waals surface area contributed by atoms with Crippen molar-refractivity contribution < 1.29 is 9.53 Å². The summed E-state index contributed by atoms with van der Waals surface area (Å²) in [4.78, 5) is 27.5. The molecule has 0 saturated carbocycles. The van der Waals surface area contributed by atoms with E-state index in [1.165, 1.54) is 4.68 Å². The van der Waals surface area contributed by atoms with E-state index >= 15 is 0 Å². The first-order valence-corrected chi connectivity index (χ1v) is 9.62. The normalized spacial score (nSPS) is 19.1. The van der Waals surface area contributed by atoms with Gasteiger partial charge in [-0.3, -0.25) is 14.7 Å². The lowest BCUT2D eigenvalue weighted by Gasteiger charge is -2.25. The lowest BCUT2D eigenvalue weighted by Crippen LogP contribution is -2.41. The van der Waals surface area contributed by atoms with E-state index in [9.17, 15) is 9.59 Å². The molecule has 1 amide bonds. The van der Waals surface area contributed by atoms with Gasteiger partial charge in [-0.25, -0.2) is 4.68 Å². The fourth-order valence-electron chi connectivity index (χ4n) is 4.14. The quantitative estimate of drug-likeness (QED) is 0.744. The van der Waals surface area contributed by atoms with Crippen LogP contribution >= 0.6 is 0 Å². The van der Waals surface area contributed by atoms with Crippen LogP contribution < -0.4 is 5.56 Å². The largest absolute Gasteiger partial charge is 0.376 e. The molecule has 1 atom stereocenters. The van der Waals surface area contributed by atoms with Crippen molar-refractivity contribution in [1.29, 1.82) is 0 Å². The average molecular weight is 379 g/mol. The fraction of sp³-hybridized carbons (Fsp3) is 0.400. The Hall–Kier alpha value is -3.00. The summed E-state index contributed by atoms with van der Waals surface area (Å²) >= 11 is 0. The van der Waals surface area contributed by atoms with Crippen LogP contribution in [0.4, 0.5) is 0 Å². The van der Waals surface area contributed by atoms with Gasteiger partial charge >= 0.3 is 0 Å². The molecule has 1 fully saturated rings. The van der Waals surface area contributed by atoms with Gasteiger partial charge in [0, 0.05) is 30.0 Å². The minimum absolute atomic E-state index is 0.0638. The second-order valence-corrected chi connectivity index (χ2v) is 7.35. The number of aromatic amines is 1. The Kier molecular flexibility index (Phi) is 4.20. The van der Waals surface area contributed by atoms with Crippen LogP contribution in [0.25, 0.3) is 10.9 Å². The molecular weight excluding hydrogens is 358 g/mol. The molecule has 1 N–H and O–H groups in total. The van der Waals surface area contributed by atoms with Crippen molar-refractivity contribution in [3.8, 4) is 0 Å². The van der Waals surface area contributed by atoms with E-state index < -0.39 is 0 Å². The minimum atomic E-state index is -0.145. The summed E-state index contributed by atoms with van der Waals surface area (Å²) in [5, 5.41) is 12.5. The summed E-state index contributed by atoms with van der Waals surface area (Å²) in [7, 11) is 0. The number of carbonyl (C=O) groups is 1. The minimum Gasteiger partial charge on any atom is -0.376 e. The van der Waals surface area contributed by atoms with Crippen LogP contribution in [0.15, 0.2) is 35.1 Å². The summed E-state index contributed by atoms with van der Waals surface area (Å²) in [5.41, 5.74) is 2.92. The number of hydrogen-bond acceptors (Lipinski definition) is 5. The molecule has 2 aliphatic heterocycles. The molecule has 0 spiro atoms. The van der Waals surface area contributed by atoms with Gasteiger partial charge in [-0.1, -0.05) is 18.2 Å². The van der Waals surface area contributed by atoms with Crippen molar-refractivity contribution in [2.75, 3.05) is 13.2 Å². The molecule has 3 aromatic rings. The summed E-state index contributed by atoms with van der Waals surface area (Å²) in [5.74, 6) is -0.0978. The van der Waals surface area contributed by atoms with Gasteiger partial charge in [0.1, 0.15) is 0 Å². The van der Waals surface area contributed by atoms with Crippen LogP contribution in [0.2, 0.25) is 0 Å². The second kappa shape index (κ2) is 6.87. The molecule has 0 bridgehead atoms. The smallest absolute Gasteiger partial charge is 0.275 e. The average Bonchev–Trinajstić information content (AvgIpc) is 3.35. The highest BCUT2D eigenvalue weighted by atomic mass is 16.5. The number of aromatic nitrogens is 4. The molecular formula is C20H21N5O3. The van der Waals surface area contributed by atoms with Crippen molar-refractivity contribution in [3.05, 3.63) is 57.6 Å². The predicted molar refractivity (Wildman–Crippen MR) is 102 cm³/mol. The number of rotatable bonds is 3. The molecule has 144 valence electrons. The van der Waals surface area contributed by atoms with Crippen molar-refractivity contribution in [3.63, 3.8) is 0 Å². The maximum Gasteiger partial charge on any atom is 0.275 e.